The van der Waals surface area contributed by atoms with Crippen LogP contribution in [0.2, 0.25) is 18.1 Å². The highest BCUT2D eigenvalue weighted by Crippen LogP contribution is 2.45. The van der Waals surface area contributed by atoms with Crippen molar-refractivity contribution in [1.29, 1.82) is 0 Å². The molecule has 1 aliphatic heterocycles. The van der Waals surface area contributed by atoms with Gasteiger partial charge in [0.05, 0.1) is 33.5 Å². The van der Waals surface area contributed by atoms with Crippen LogP contribution in [0.5, 0.6) is 17.2 Å². The molecule has 2 heterocycles. The maximum atomic E-state index is 15.7. The first-order chi connectivity index (χ1) is 18.3. The van der Waals surface area contributed by atoms with Crippen LogP contribution in [0.25, 0.3) is 0 Å². The average molecular weight is 596 g/mol. The number of hydrogen-bond donors (Lipinski definition) is 0. The Kier molecular flexibility index (Phi) is 8.27. The molecule has 3 aromatic rings. The molecule has 1 atom stereocenters. The lowest BCUT2D eigenvalue weighted by atomic mass is 10.0. The van der Waals surface area contributed by atoms with Gasteiger partial charge in [-0.3, -0.25) is 0 Å². The van der Waals surface area contributed by atoms with Crippen LogP contribution in [-0.2, 0) is 21.0 Å². The summed E-state index contributed by atoms with van der Waals surface area (Å²) in [6.45, 7) is 10.8. The topological polar surface area (TPSA) is 100 Å². The first-order valence-corrected chi connectivity index (χ1v) is 17.5. The van der Waals surface area contributed by atoms with Crippen molar-refractivity contribution in [3.05, 3.63) is 53.6 Å². The number of aromatic nitrogens is 2. The number of methoxy groups -OCH3 is 2. The smallest absolute Gasteiger partial charge is 0.269 e. The zero-order chi connectivity index (χ0) is 28.6. The monoisotopic (exact) mass is 595 g/mol. The summed E-state index contributed by atoms with van der Waals surface area (Å²) in [5.74, 6) is 0.371. The molecule has 9 nitrogen and oxygen atoms in total. The molecule has 212 valence electrons. The van der Waals surface area contributed by atoms with E-state index in [1.807, 2.05) is 0 Å². The first kappa shape index (κ1) is 29.2. The largest absolute Gasteiger partial charge is 0.497 e. The fourth-order valence-electron chi connectivity index (χ4n) is 4.00. The number of ether oxygens (including phenoxy) is 3. The minimum Gasteiger partial charge on any atom is -0.497 e. The molecule has 0 saturated heterocycles. The third kappa shape index (κ3) is 5.91. The van der Waals surface area contributed by atoms with Crippen LogP contribution < -0.4 is 18.5 Å². The summed E-state index contributed by atoms with van der Waals surface area (Å²) in [5, 5.41) is 0.0444. The number of sulfonamides is 1. The molecule has 0 amide bonds. The van der Waals surface area contributed by atoms with E-state index < -0.39 is 29.1 Å². The van der Waals surface area contributed by atoms with Gasteiger partial charge in [0.25, 0.3) is 10.0 Å². The standard InChI is InChI=1S/C26H34FN3O6S2Si/c1-26(2,3)39(6,7)36-21-10-11-35-23-14-24(20(27)13-19(21)23)38(31,32)30(25-28-16-29-37-25)15-17-8-9-18(33-4)12-22(17)34-5/h8-9,12-14,16,21H,10-11,15H2,1-7H3. The predicted octanol–water partition coefficient (Wildman–Crippen LogP) is 5.94. The SMILES string of the molecule is COc1ccc(CN(c2ncns2)S(=O)(=O)c2cc3c(cc2F)C(O[Si](C)(C)C(C)(C)C)CCO3)c(OC)c1. The Morgan fingerprint density at radius 1 is 1.18 bits per heavy atom. The van der Waals surface area contributed by atoms with Crippen LogP contribution >= 0.6 is 11.5 Å². The van der Waals surface area contributed by atoms with Gasteiger partial charge in [-0.25, -0.2) is 22.1 Å². The van der Waals surface area contributed by atoms with Gasteiger partial charge in [0, 0.05) is 41.2 Å². The van der Waals surface area contributed by atoms with E-state index in [4.69, 9.17) is 18.6 Å². The summed E-state index contributed by atoms with van der Waals surface area (Å²) in [4.78, 5) is 3.59. The van der Waals surface area contributed by atoms with Crippen molar-refractivity contribution in [2.45, 2.75) is 62.9 Å². The predicted molar refractivity (Wildman–Crippen MR) is 150 cm³/mol. The number of halogens is 1. The van der Waals surface area contributed by atoms with Crippen LogP contribution in [-0.4, -0.2) is 46.9 Å². The van der Waals surface area contributed by atoms with E-state index in [1.165, 1.54) is 32.7 Å². The quantitative estimate of drug-likeness (QED) is 0.281. The van der Waals surface area contributed by atoms with Gasteiger partial charge in [0.2, 0.25) is 5.13 Å². The van der Waals surface area contributed by atoms with E-state index in [0.717, 1.165) is 15.8 Å². The molecule has 1 aromatic heterocycles. The molecule has 0 N–H and O–H groups in total. The van der Waals surface area contributed by atoms with Crippen LogP contribution in [0.15, 0.2) is 41.6 Å². The Morgan fingerprint density at radius 3 is 2.54 bits per heavy atom. The second-order valence-electron chi connectivity index (χ2n) is 10.7. The van der Waals surface area contributed by atoms with Crippen LogP contribution in [0.1, 0.15) is 44.4 Å². The van der Waals surface area contributed by atoms with E-state index >= 15 is 4.39 Å². The maximum absolute atomic E-state index is 15.7. The van der Waals surface area contributed by atoms with E-state index in [9.17, 15) is 8.42 Å². The normalized spacial score (nSPS) is 15.8. The summed E-state index contributed by atoms with van der Waals surface area (Å²) in [6, 6.07) is 7.51. The van der Waals surface area contributed by atoms with E-state index in [-0.39, 0.29) is 22.8 Å². The highest BCUT2D eigenvalue weighted by Gasteiger charge is 2.41. The van der Waals surface area contributed by atoms with Gasteiger partial charge >= 0.3 is 0 Å². The Morgan fingerprint density at radius 2 is 1.92 bits per heavy atom. The van der Waals surface area contributed by atoms with Gasteiger partial charge in [0.1, 0.15) is 34.3 Å². The van der Waals surface area contributed by atoms with Gasteiger partial charge < -0.3 is 18.6 Å². The molecule has 0 spiro atoms. The van der Waals surface area contributed by atoms with E-state index in [1.54, 1.807) is 18.2 Å². The third-order valence-electron chi connectivity index (χ3n) is 7.23. The van der Waals surface area contributed by atoms with Crippen molar-refractivity contribution in [3.8, 4) is 17.2 Å². The zero-order valence-electron chi connectivity index (χ0n) is 23.1. The van der Waals surface area contributed by atoms with Gasteiger partial charge in [-0.05, 0) is 36.3 Å². The lowest BCUT2D eigenvalue weighted by Crippen LogP contribution is -2.42. The van der Waals surface area contributed by atoms with Gasteiger partial charge in [-0.2, -0.15) is 4.37 Å². The second kappa shape index (κ2) is 11.0. The van der Waals surface area contributed by atoms with Crippen molar-refractivity contribution in [1.82, 2.24) is 9.36 Å². The summed E-state index contributed by atoms with van der Waals surface area (Å²) in [7, 11) is -3.62. The second-order valence-corrected chi connectivity index (χ2v) is 18.1. The van der Waals surface area contributed by atoms with E-state index in [2.05, 4.69) is 43.2 Å². The molecule has 1 aliphatic rings. The zero-order valence-corrected chi connectivity index (χ0v) is 25.8. The number of fused-ring (bicyclic) bond motifs is 1. The van der Waals surface area contributed by atoms with Crippen LogP contribution in [0.3, 0.4) is 0 Å². The third-order valence-corrected chi connectivity index (χ3v) is 14.3. The minimum absolute atomic E-state index is 0.0436. The molecular formula is C26H34FN3O6S2Si. The Labute approximate surface area is 234 Å². The number of rotatable bonds is 9. The molecule has 39 heavy (non-hydrogen) atoms. The van der Waals surface area contributed by atoms with Crippen molar-refractivity contribution >= 4 is 35.0 Å². The molecule has 0 aliphatic carbocycles. The lowest BCUT2D eigenvalue weighted by Gasteiger charge is -2.40. The highest BCUT2D eigenvalue weighted by atomic mass is 32.2. The van der Waals surface area contributed by atoms with Crippen LogP contribution in [0, 0.1) is 5.82 Å². The first-order valence-electron chi connectivity index (χ1n) is 12.4. The number of anilines is 1. The van der Waals surface area contributed by atoms with Gasteiger partial charge in [-0.1, -0.05) is 20.8 Å². The number of nitrogens with zero attached hydrogens (tertiary/aromatic N) is 3. The highest BCUT2D eigenvalue weighted by molar-refractivity contribution is 7.93. The molecular weight excluding hydrogens is 562 g/mol. The van der Waals surface area contributed by atoms with Crippen molar-refractivity contribution in [3.63, 3.8) is 0 Å². The molecule has 4 rings (SSSR count). The van der Waals surface area contributed by atoms with Crippen molar-refractivity contribution < 1.29 is 31.4 Å². The lowest BCUT2D eigenvalue weighted by molar-refractivity contribution is 0.121. The van der Waals surface area contributed by atoms with Crippen molar-refractivity contribution in [2.24, 2.45) is 0 Å². The Hall–Kier alpha value is -2.74. The molecule has 0 saturated carbocycles. The van der Waals surface area contributed by atoms with Crippen LogP contribution in [0.4, 0.5) is 9.52 Å². The minimum atomic E-state index is -4.44. The molecule has 2 aromatic carbocycles. The van der Waals surface area contributed by atoms with Crippen molar-refractivity contribution in [2.75, 3.05) is 25.1 Å². The summed E-state index contributed by atoms with van der Waals surface area (Å²) in [5.41, 5.74) is 1.05. The van der Waals surface area contributed by atoms with Gasteiger partial charge in [-0.15, -0.1) is 0 Å². The van der Waals surface area contributed by atoms with E-state index in [0.29, 0.717) is 41.4 Å². The molecule has 0 fully saturated rings. The average Bonchev–Trinajstić information content (AvgIpc) is 3.40. The number of benzene rings is 2. The summed E-state index contributed by atoms with van der Waals surface area (Å²) >= 11 is 0.888. The summed E-state index contributed by atoms with van der Waals surface area (Å²) < 4.78 is 71.8. The molecule has 0 bridgehead atoms. The maximum Gasteiger partial charge on any atom is 0.269 e. The molecule has 1 unspecified atom stereocenters. The summed E-state index contributed by atoms with van der Waals surface area (Å²) in [6.07, 6.45) is 1.42. The fourth-order valence-corrected chi connectivity index (χ4v) is 7.50. The fraction of sp³-hybridized carbons (Fsp3) is 0.462. The van der Waals surface area contributed by atoms with Gasteiger partial charge in [0.15, 0.2) is 8.32 Å². The molecule has 13 heteroatoms. The molecule has 0 radical (unpaired) electrons. The Bertz CT molecular complexity index is 1430. The number of hydrogen-bond acceptors (Lipinski definition) is 9. The Balaban J connectivity index is 1.75.